The molecule has 5 nitrogen and oxygen atoms in total. The van der Waals surface area contributed by atoms with Crippen molar-refractivity contribution in [2.75, 3.05) is 17.1 Å². The quantitative estimate of drug-likeness (QED) is 0.874. The smallest absolute Gasteiger partial charge is 0.265 e. The molecule has 0 amide bonds. The Kier molecular flexibility index (Phi) is 3.63. The first-order valence-corrected chi connectivity index (χ1v) is 7.25. The van der Waals surface area contributed by atoms with E-state index >= 15 is 0 Å². The second-order valence-corrected chi connectivity index (χ2v) is 6.08. The number of benzene rings is 2. The maximum absolute atomic E-state index is 12.6. The largest absolute Gasteiger partial charge is 0.397 e. The van der Waals surface area contributed by atoms with Crippen LogP contribution in [0.1, 0.15) is 5.56 Å². The molecule has 0 heterocycles. The zero-order valence-corrected chi connectivity index (χ0v) is 11.6. The molecule has 2 aromatic carbocycles. The third-order valence-electron chi connectivity index (χ3n) is 2.92. The highest BCUT2D eigenvalue weighted by molar-refractivity contribution is 7.92. The van der Waals surface area contributed by atoms with Crippen molar-refractivity contribution in [2.45, 2.75) is 4.90 Å². The Labute approximate surface area is 117 Å². The van der Waals surface area contributed by atoms with Gasteiger partial charge in [-0.15, -0.1) is 0 Å². The molecule has 102 valence electrons. The van der Waals surface area contributed by atoms with E-state index in [1.165, 1.54) is 19.2 Å². The van der Waals surface area contributed by atoms with Gasteiger partial charge in [-0.25, -0.2) is 8.42 Å². The monoisotopic (exact) mass is 287 g/mol. The van der Waals surface area contributed by atoms with Gasteiger partial charge in [-0.2, -0.15) is 5.26 Å². The van der Waals surface area contributed by atoms with Crippen LogP contribution >= 0.6 is 0 Å². The molecule has 6 heteroatoms. The zero-order chi connectivity index (χ0) is 14.8. The lowest BCUT2D eigenvalue weighted by Gasteiger charge is -2.21. The van der Waals surface area contributed by atoms with Gasteiger partial charge < -0.3 is 5.73 Å². The lowest BCUT2D eigenvalue weighted by Crippen LogP contribution is -2.27. The van der Waals surface area contributed by atoms with Crippen molar-refractivity contribution in [3.63, 3.8) is 0 Å². The van der Waals surface area contributed by atoms with E-state index in [4.69, 9.17) is 11.0 Å². The van der Waals surface area contributed by atoms with Gasteiger partial charge in [-0.05, 0) is 24.3 Å². The summed E-state index contributed by atoms with van der Waals surface area (Å²) >= 11 is 0. The van der Waals surface area contributed by atoms with Crippen molar-refractivity contribution < 1.29 is 8.42 Å². The topological polar surface area (TPSA) is 87.2 Å². The number of nitrogens with two attached hydrogens (primary N) is 1. The molecule has 2 N–H and O–H groups in total. The minimum Gasteiger partial charge on any atom is -0.397 e. The van der Waals surface area contributed by atoms with Crippen LogP contribution in [0.5, 0.6) is 0 Å². The van der Waals surface area contributed by atoms with E-state index in [0.29, 0.717) is 11.4 Å². The van der Waals surface area contributed by atoms with Gasteiger partial charge in [-0.3, -0.25) is 4.31 Å². The van der Waals surface area contributed by atoms with Crippen LogP contribution in [0.3, 0.4) is 0 Å². The fourth-order valence-corrected chi connectivity index (χ4v) is 3.20. The maximum atomic E-state index is 12.6. The average molecular weight is 287 g/mol. The Balaban J connectivity index is 2.57. The van der Waals surface area contributed by atoms with Crippen molar-refractivity contribution in [2.24, 2.45) is 0 Å². The first-order chi connectivity index (χ1) is 9.48. The highest BCUT2D eigenvalue weighted by Gasteiger charge is 2.25. The summed E-state index contributed by atoms with van der Waals surface area (Å²) in [6.45, 7) is 0. The molecule has 0 aromatic heterocycles. The van der Waals surface area contributed by atoms with Crippen LogP contribution in [0, 0.1) is 11.3 Å². The molecule has 0 aliphatic carbocycles. The molecule has 0 saturated heterocycles. The van der Waals surface area contributed by atoms with Crippen LogP contribution in [0.2, 0.25) is 0 Å². The summed E-state index contributed by atoms with van der Waals surface area (Å²) in [6, 6.07) is 14.6. The van der Waals surface area contributed by atoms with E-state index in [0.717, 1.165) is 4.31 Å². The minimum absolute atomic E-state index is 0.0340. The summed E-state index contributed by atoms with van der Waals surface area (Å²) in [5, 5.41) is 9.03. The highest BCUT2D eigenvalue weighted by atomic mass is 32.2. The van der Waals surface area contributed by atoms with Crippen molar-refractivity contribution in [3.05, 3.63) is 54.1 Å². The molecule has 0 radical (unpaired) electrons. The van der Waals surface area contributed by atoms with Crippen molar-refractivity contribution in [1.82, 2.24) is 0 Å². The minimum atomic E-state index is -3.83. The second-order valence-electron chi connectivity index (χ2n) is 4.14. The fourth-order valence-electron chi connectivity index (χ4n) is 1.84. The third-order valence-corrected chi connectivity index (χ3v) is 4.75. The molecule has 0 atom stereocenters. The first kappa shape index (κ1) is 13.9. The molecule has 0 aliphatic heterocycles. The predicted molar refractivity (Wildman–Crippen MR) is 77.6 cm³/mol. The number of hydrogen-bond donors (Lipinski definition) is 1. The molecule has 0 unspecified atom stereocenters. The number of nitrogens with zero attached hydrogens (tertiary/aromatic N) is 2. The molecule has 0 spiro atoms. The van der Waals surface area contributed by atoms with Crippen molar-refractivity contribution in [1.29, 1.82) is 5.26 Å². The number of hydrogen-bond acceptors (Lipinski definition) is 4. The van der Waals surface area contributed by atoms with E-state index < -0.39 is 10.0 Å². The van der Waals surface area contributed by atoms with Gasteiger partial charge in [-0.1, -0.05) is 24.3 Å². The Morgan fingerprint density at radius 2 is 1.70 bits per heavy atom. The predicted octanol–water partition coefficient (Wildman–Crippen LogP) is 1.97. The summed E-state index contributed by atoms with van der Waals surface area (Å²) in [4.78, 5) is -0.0340. The molecular weight excluding hydrogens is 274 g/mol. The SMILES string of the molecule is CN(c1ccccc1N)S(=O)(=O)c1ccccc1C#N. The normalized spacial score (nSPS) is 10.8. The molecule has 0 saturated carbocycles. The molecule has 0 fully saturated rings. The molecule has 0 aliphatic rings. The lowest BCUT2D eigenvalue weighted by atomic mass is 10.2. The van der Waals surface area contributed by atoms with E-state index in [2.05, 4.69) is 0 Å². The van der Waals surface area contributed by atoms with Gasteiger partial charge in [0.1, 0.15) is 11.0 Å². The molecular formula is C14H13N3O2S. The van der Waals surface area contributed by atoms with Crippen molar-refractivity contribution >= 4 is 21.4 Å². The number of sulfonamides is 1. The Bertz CT molecular complexity index is 779. The number of anilines is 2. The van der Waals surface area contributed by atoms with Crippen LogP contribution in [0.15, 0.2) is 53.4 Å². The number of nitrogen functional groups attached to an aromatic ring is 1. The standard InChI is InChI=1S/C14H13N3O2S/c1-17(13-8-4-3-7-12(13)16)20(18,19)14-9-5-2-6-11(14)10-15/h2-9H,16H2,1H3. The van der Waals surface area contributed by atoms with Gasteiger partial charge >= 0.3 is 0 Å². The molecule has 2 rings (SSSR count). The van der Waals surface area contributed by atoms with E-state index in [1.807, 2.05) is 6.07 Å². The van der Waals surface area contributed by atoms with Gasteiger partial charge in [0.05, 0.1) is 16.9 Å². The van der Waals surface area contributed by atoms with Crippen LogP contribution in [-0.4, -0.2) is 15.5 Å². The van der Waals surface area contributed by atoms with Crippen LogP contribution in [0.25, 0.3) is 0 Å². The van der Waals surface area contributed by atoms with Crippen LogP contribution in [-0.2, 0) is 10.0 Å². The Morgan fingerprint density at radius 3 is 2.35 bits per heavy atom. The van der Waals surface area contributed by atoms with E-state index in [-0.39, 0.29) is 10.5 Å². The summed E-state index contributed by atoms with van der Waals surface area (Å²) in [5.41, 5.74) is 6.63. The fraction of sp³-hybridized carbons (Fsp3) is 0.0714. The van der Waals surface area contributed by atoms with Crippen LogP contribution in [0.4, 0.5) is 11.4 Å². The van der Waals surface area contributed by atoms with Gasteiger partial charge in [0.15, 0.2) is 0 Å². The number of nitriles is 1. The van der Waals surface area contributed by atoms with Crippen molar-refractivity contribution in [3.8, 4) is 6.07 Å². The summed E-state index contributed by atoms with van der Waals surface area (Å²) < 4.78 is 26.2. The zero-order valence-electron chi connectivity index (χ0n) is 10.8. The van der Waals surface area contributed by atoms with Gasteiger partial charge in [0.2, 0.25) is 0 Å². The molecule has 0 bridgehead atoms. The molecule has 2 aromatic rings. The van der Waals surface area contributed by atoms with Crippen LogP contribution < -0.4 is 10.0 Å². The summed E-state index contributed by atoms with van der Waals surface area (Å²) in [6.07, 6.45) is 0. The van der Waals surface area contributed by atoms with E-state index in [9.17, 15) is 8.42 Å². The van der Waals surface area contributed by atoms with Gasteiger partial charge in [0, 0.05) is 7.05 Å². The number of rotatable bonds is 3. The van der Waals surface area contributed by atoms with Gasteiger partial charge in [0.25, 0.3) is 10.0 Å². The second kappa shape index (κ2) is 5.23. The summed E-state index contributed by atoms with van der Waals surface area (Å²) in [5.74, 6) is 0. The van der Waals surface area contributed by atoms with E-state index in [1.54, 1.807) is 36.4 Å². The Hall–Kier alpha value is -2.52. The first-order valence-electron chi connectivity index (χ1n) is 5.81. The average Bonchev–Trinajstić information content (AvgIpc) is 2.47. The maximum Gasteiger partial charge on any atom is 0.265 e. The lowest BCUT2D eigenvalue weighted by molar-refractivity contribution is 0.594. The number of para-hydroxylation sites is 2. The highest BCUT2D eigenvalue weighted by Crippen LogP contribution is 2.28. The summed E-state index contributed by atoms with van der Waals surface area (Å²) in [7, 11) is -2.41. The Morgan fingerprint density at radius 1 is 1.10 bits per heavy atom. The third kappa shape index (κ3) is 2.31. The molecule has 20 heavy (non-hydrogen) atoms.